The lowest BCUT2D eigenvalue weighted by atomic mass is 9.98. The monoisotopic (exact) mass is 394 g/mol. The molecule has 1 atom stereocenters. The summed E-state index contributed by atoms with van der Waals surface area (Å²) in [6.45, 7) is 3.09. The number of nitrogens with zero attached hydrogens (tertiary/aromatic N) is 4. The van der Waals surface area contributed by atoms with Crippen LogP contribution in [0.15, 0.2) is 42.6 Å². The van der Waals surface area contributed by atoms with E-state index in [1.807, 2.05) is 36.4 Å². The van der Waals surface area contributed by atoms with Crippen LogP contribution in [0.2, 0.25) is 0 Å². The maximum atomic E-state index is 13.0. The average Bonchev–Trinajstić information content (AvgIpc) is 2.84. The van der Waals surface area contributed by atoms with Crippen molar-refractivity contribution in [3.8, 4) is 0 Å². The van der Waals surface area contributed by atoms with Crippen molar-refractivity contribution in [3.63, 3.8) is 0 Å². The van der Waals surface area contributed by atoms with Crippen LogP contribution in [-0.4, -0.2) is 60.1 Å². The van der Waals surface area contributed by atoms with Crippen molar-refractivity contribution in [2.45, 2.75) is 19.3 Å². The van der Waals surface area contributed by atoms with Crippen LogP contribution >= 0.6 is 0 Å². The third-order valence-electron chi connectivity index (χ3n) is 5.82. The van der Waals surface area contributed by atoms with Crippen molar-refractivity contribution in [2.75, 3.05) is 43.0 Å². The molecule has 29 heavy (non-hydrogen) atoms. The number of carboxylic acids is 1. The van der Waals surface area contributed by atoms with Crippen LogP contribution in [0.3, 0.4) is 0 Å². The Morgan fingerprint density at radius 1 is 1.17 bits per heavy atom. The van der Waals surface area contributed by atoms with Crippen molar-refractivity contribution in [1.82, 2.24) is 9.88 Å². The number of rotatable bonds is 5. The molecule has 1 aromatic heterocycles. The SMILES string of the molecule is CN1C(=O)c2ccccc2N(CCCN2CCCC(C(=O)O)C2)c2ncccc21. The average molecular weight is 394 g/mol. The molecule has 0 spiro atoms. The number of carbonyl (C=O) groups excluding carboxylic acids is 1. The minimum Gasteiger partial charge on any atom is -0.481 e. The van der Waals surface area contributed by atoms with Gasteiger partial charge in [-0.1, -0.05) is 12.1 Å². The molecule has 0 bridgehead atoms. The largest absolute Gasteiger partial charge is 0.481 e. The molecule has 1 amide bonds. The zero-order valence-corrected chi connectivity index (χ0v) is 16.6. The van der Waals surface area contributed by atoms with Crippen molar-refractivity contribution >= 4 is 29.1 Å². The fourth-order valence-corrected chi connectivity index (χ4v) is 4.29. The predicted molar refractivity (Wildman–Crippen MR) is 112 cm³/mol. The van der Waals surface area contributed by atoms with Gasteiger partial charge in [-0.15, -0.1) is 0 Å². The number of benzene rings is 1. The van der Waals surface area contributed by atoms with E-state index in [9.17, 15) is 14.7 Å². The Kier molecular flexibility index (Phi) is 5.49. The summed E-state index contributed by atoms with van der Waals surface area (Å²) in [6.07, 6.45) is 4.29. The van der Waals surface area contributed by atoms with E-state index in [4.69, 9.17) is 0 Å². The summed E-state index contributed by atoms with van der Waals surface area (Å²) in [5.74, 6) is -0.236. The van der Waals surface area contributed by atoms with E-state index in [0.29, 0.717) is 18.7 Å². The van der Waals surface area contributed by atoms with Gasteiger partial charge in [0.1, 0.15) is 0 Å². The summed E-state index contributed by atoms with van der Waals surface area (Å²) in [7, 11) is 1.78. The normalized spacial score (nSPS) is 19.5. The summed E-state index contributed by atoms with van der Waals surface area (Å²) in [5, 5.41) is 9.30. The Labute approximate surface area is 170 Å². The van der Waals surface area contributed by atoms with Crippen molar-refractivity contribution in [3.05, 3.63) is 48.2 Å². The first kappa shape index (κ1) is 19.4. The zero-order chi connectivity index (χ0) is 20.4. The molecule has 4 rings (SSSR count). The van der Waals surface area contributed by atoms with Gasteiger partial charge in [-0.25, -0.2) is 4.98 Å². The second-order valence-corrected chi connectivity index (χ2v) is 7.71. The van der Waals surface area contributed by atoms with E-state index < -0.39 is 5.97 Å². The second-order valence-electron chi connectivity index (χ2n) is 7.71. The van der Waals surface area contributed by atoms with Crippen LogP contribution in [-0.2, 0) is 4.79 Å². The van der Waals surface area contributed by atoms with Gasteiger partial charge in [0.2, 0.25) is 0 Å². The lowest BCUT2D eigenvalue weighted by Gasteiger charge is -2.31. The summed E-state index contributed by atoms with van der Waals surface area (Å²) in [5.41, 5.74) is 2.32. The first-order chi connectivity index (χ1) is 14.1. The van der Waals surface area contributed by atoms with Gasteiger partial charge in [0.15, 0.2) is 5.82 Å². The highest BCUT2D eigenvalue weighted by atomic mass is 16.4. The molecule has 0 aliphatic carbocycles. The number of aromatic nitrogens is 1. The van der Waals surface area contributed by atoms with E-state index in [1.54, 1.807) is 18.1 Å². The summed E-state index contributed by atoms with van der Waals surface area (Å²) < 4.78 is 0. The number of aliphatic carboxylic acids is 1. The molecule has 2 aliphatic heterocycles. The molecule has 7 nitrogen and oxygen atoms in total. The maximum absolute atomic E-state index is 13.0. The number of fused-ring (bicyclic) bond motifs is 2. The predicted octanol–water partition coefficient (Wildman–Crippen LogP) is 3.00. The minimum absolute atomic E-state index is 0.0438. The van der Waals surface area contributed by atoms with E-state index in [1.165, 1.54) is 0 Å². The van der Waals surface area contributed by atoms with Crippen LogP contribution < -0.4 is 9.80 Å². The van der Waals surface area contributed by atoms with Gasteiger partial charge in [-0.05, 0) is 56.6 Å². The molecule has 3 heterocycles. The second kappa shape index (κ2) is 8.21. The molecule has 1 N–H and O–H groups in total. The fraction of sp³-hybridized carbons (Fsp3) is 0.409. The Morgan fingerprint density at radius 3 is 2.79 bits per heavy atom. The zero-order valence-electron chi connectivity index (χ0n) is 16.6. The van der Waals surface area contributed by atoms with Crippen molar-refractivity contribution in [2.24, 2.45) is 5.92 Å². The number of para-hydroxylation sites is 1. The molecule has 1 unspecified atom stereocenters. The molecule has 152 valence electrons. The van der Waals surface area contributed by atoms with Crippen molar-refractivity contribution in [1.29, 1.82) is 0 Å². The number of likely N-dealkylation sites (tertiary alicyclic amines) is 1. The Morgan fingerprint density at radius 2 is 1.97 bits per heavy atom. The number of carboxylic acid groups (broad SMARTS) is 1. The molecule has 1 fully saturated rings. The number of hydrogen-bond acceptors (Lipinski definition) is 5. The van der Waals surface area contributed by atoms with Gasteiger partial charge < -0.3 is 19.8 Å². The number of piperidine rings is 1. The van der Waals surface area contributed by atoms with E-state index in [2.05, 4.69) is 14.8 Å². The topological polar surface area (TPSA) is 77.0 Å². The number of carbonyl (C=O) groups is 2. The van der Waals surface area contributed by atoms with Gasteiger partial charge in [-0.2, -0.15) is 0 Å². The van der Waals surface area contributed by atoms with Gasteiger partial charge in [0.25, 0.3) is 5.91 Å². The summed E-state index contributed by atoms with van der Waals surface area (Å²) in [4.78, 5) is 34.9. The first-order valence-electron chi connectivity index (χ1n) is 10.1. The Hall–Kier alpha value is -2.93. The van der Waals surface area contributed by atoms with Crippen LogP contribution in [0.25, 0.3) is 0 Å². The fourth-order valence-electron chi connectivity index (χ4n) is 4.29. The van der Waals surface area contributed by atoms with Gasteiger partial charge >= 0.3 is 5.97 Å². The van der Waals surface area contributed by atoms with E-state index in [0.717, 1.165) is 49.5 Å². The molecule has 1 aromatic carbocycles. The number of amides is 1. The Balaban J connectivity index is 1.55. The molecule has 2 aromatic rings. The van der Waals surface area contributed by atoms with Gasteiger partial charge in [0.05, 0.1) is 22.9 Å². The van der Waals surface area contributed by atoms with Gasteiger partial charge in [0, 0.05) is 26.3 Å². The maximum Gasteiger partial charge on any atom is 0.307 e. The third-order valence-corrected chi connectivity index (χ3v) is 5.82. The van der Waals surface area contributed by atoms with Gasteiger partial charge in [-0.3, -0.25) is 9.59 Å². The first-order valence-corrected chi connectivity index (χ1v) is 10.1. The highest BCUT2D eigenvalue weighted by Crippen LogP contribution is 2.38. The van der Waals surface area contributed by atoms with Crippen LogP contribution in [0, 0.1) is 5.92 Å². The summed E-state index contributed by atoms with van der Waals surface area (Å²) in [6, 6.07) is 11.4. The van der Waals surface area contributed by atoms with Crippen LogP contribution in [0.5, 0.6) is 0 Å². The van der Waals surface area contributed by atoms with E-state index in [-0.39, 0.29) is 11.8 Å². The molecular formula is C22H26N4O3. The number of pyridine rings is 1. The molecular weight excluding hydrogens is 368 g/mol. The van der Waals surface area contributed by atoms with Crippen molar-refractivity contribution < 1.29 is 14.7 Å². The highest BCUT2D eigenvalue weighted by Gasteiger charge is 2.30. The molecule has 7 heteroatoms. The lowest BCUT2D eigenvalue weighted by molar-refractivity contribution is -0.143. The Bertz CT molecular complexity index is 916. The summed E-state index contributed by atoms with van der Waals surface area (Å²) >= 11 is 0. The quantitative estimate of drug-likeness (QED) is 0.840. The molecule has 1 saturated heterocycles. The number of hydrogen-bond donors (Lipinski definition) is 1. The van der Waals surface area contributed by atoms with Crippen LogP contribution in [0.4, 0.5) is 17.2 Å². The third kappa shape index (κ3) is 3.82. The number of anilines is 3. The molecule has 0 radical (unpaired) electrons. The molecule has 2 aliphatic rings. The smallest absolute Gasteiger partial charge is 0.307 e. The minimum atomic E-state index is -0.698. The van der Waals surface area contributed by atoms with Crippen LogP contribution in [0.1, 0.15) is 29.6 Å². The van der Waals surface area contributed by atoms with E-state index >= 15 is 0 Å². The highest BCUT2D eigenvalue weighted by molar-refractivity contribution is 6.13. The standard InChI is InChI=1S/C22H26N4O3/c1-24-19-10-4-11-23-20(19)26(18-9-3-2-8-17(18)21(24)27)14-6-13-25-12-5-7-16(15-25)22(28)29/h2-4,8-11,16H,5-7,12-15H2,1H3,(H,28,29). The molecule has 0 saturated carbocycles. The lowest BCUT2D eigenvalue weighted by Crippen LogP contribution is -2.39.